The number of carbonyl (C=O) groups excluding carboxylic acids is 1. The van der Waals surface area contributed by atoms with Crippen LogP contribution < -0.4 is 5.32 Å². The number of likely N-dealkylation sites (tertiary alicyclic amines) is 1. The number of amides is 1. The zero-order valence-electron chi connectivity index (χ0n) is 12.7. The molecule has 1 unspecified atom stereocenters. The average molecular weight is 317 g/mol. The van der Waals surface area contributed by atoms with E-state index in [9.17, 15) is 4.79 Å². The maximum atomic E-state index is 11.8. The van der Waals surface area contributed by atoms with Crippen LogP contribution in [0.5, 0.6) is 0 Å². The molecule has 1 N–H and O–H groups in total. The van der Waals surface area contributed by atoms with E-state index in [0.717, 1.165) is 42.0 Å². The molecule has 1 amide bonds. The molecular weight excluding hydrogens is 298 g/mol. The molecule has 0 aliphatic carbocycles. The fourth-order valence-electron chi connectivity index (χ4n) is 2.71. The van der Waals surface area contributed by atoms with Crippen LogP contribution in [-0.4, -0.2) is 38.8 Å². The van der Waals surface area contributed by atoms with Crippen molar-refractivity contribution in [3.63, 3.8) is 0 Å². The molecule has 3 rings (SSSR count). The molecule has 0 spiro atoms. The normalized spacial score (nSPS) is 17.7. The second-order valence-corrected chi connectivity index (χ2v) is 6.26. The van der Waals surface area contributed by atoms with Crippen molar-refractivity contribution >= 4 is 28.2 Å². The van der Waals surface area contributed by atoms with Gasteiger partial charge in [0.05, 0.1) is 5.69 Å². The monoisotopic (exact) mass is 317 g/mol. The maximum absolute atomic E-state index is 11.8. The van der Waals surface area contributed by atoms with Gasteiger partial charge in [0.1, 0.15) is 11.6 Å². The molecule has 6 nitrogen and oxygen atoms in total. The summed E-state index contributed by atoms with van der Waals surface area (Å²) in [6, 6.07) is 1.97. The van der Waals surface area contributed by atoms with Crippen LogP contribution in [0.25, 0.3) is 0 Å². The lowest BCUT2D eigenvalue weighted by Gasteiger charge is -2.16. The first kappa shape index (κ1) is 14.9. The molecule has 0 bridgehead atoms. The Morgan fingerprint density at radius 1 is 1.50 bits per heavy atom. The number of aromatic nitrogens is 3. The van der Waals surface area contributed by atoms with Gasteiger partial charge < -0.3 is 10.2 Å². The van der Waals surface area contributed by atoms with Crippen LogP contribution in [-0.2, 0) is 4.79 Å². The van der Waals surface area contributed by atoms with Gasteiger partial charge in [0.2, 0.25) is 5.91 Å². The van der Waals surface area contributed by atoms with Gasteiger partial charge in [-0.2, -0.15) is 0 Å². The third kappa shape index (κ3) is 3.24. The Morgan fingerprint density at radius 2 is 2.36 bits per heavy atom. The van der Waals surface area contributed by atoms with Crippen LogP contribution in [0.15, 0.2) is 17.6 Å². The number of hydrogen-bond donors (Lipinski definition) is 1. The van der Waals surface area contributed by atoms with Crippen LogP contribution in [0.3, 0.4) is 0 Å². The fraction of sp³-hybridized carbons (Fsp3) is 0.467. The number of carbonyl (C=O) groups is 1. The summed E-state index contributed by atoms with van der Waals surface area (Å²) in [5.74, 6) is 2.00. The molecule has 2 aromatic rings. The van der Waals surface area contributed by atoms with E-state index in [4.69, 9.17) is 0 Å². The summed E-state index contributed by atoms with van der Waals surface area (Å²) in [6.07, 6.45) is 3.28. The van der Waals surface area contributed by atoms with E-state index >= 15 is 0 Å². The van der Waals surface area contributed by atoms with Crippen molar-refractivity contribution in [2.75, 3.05) is 18.4 Å². The maximum Gasteiger partial charge on any atom is 0.222 e. The number of nitrogens with zero attached hydrogens (tertiary/aromatic N) is 4. The largest absolute Gasteiger partial charge is 0.342 e. The molecule has 3 heterocycles. The molecule has 116 valence electrons. The second-order valence-electron chi connectivity index (χ2n) is 5.37. The van der Waals surface area contributed by atoms with E-state index in [0.29, 0.717) is 6.42 Å². The SMILES string of the molecule is CCC(=O)N1CCC(c2cc(Nc3nccs3)nc(C)n2)C1. The predicted molar refractivity (Wildman–Crippen MR) is 86.4 cm³/mol. The highest BCUT2D eigenvalue weighted by Gasteiger charge is 2.27. The number of hydrogen-bond acceptors (Lipinski definition) is 6. The molecule has 0 radical (unpaired) electrons. The average Bonchev–Trinajstić information content (AvgIpc) is 3.17. The van der Waals surface area contributed by atoms with Gasteiger partial charge in [-0.25, -0.2) is 15.0 Å². The first-order valence-electron chi connectivity index (χ1n) is 7.45. The molecule has 1 atom stereocenters. The minimum absolute atomic E-state index is 0.217. The molecule has 2 aromatic heterocycles. The van der Waals surface area contributed by atoms with Crippen molar-refractivity contribution in [2.45, 2.75) is 32.6 Å². The number of nitrogens with one attached hydrogen (secondary N) is 1. The Hall–Kier alpha value is -2.02. The van der Waals surface area contributed by atoms with E-state index in [1.165, 1.54) is 11.3 Å². The quantitative estimate of drug-likeness (QED) is 0.939. The van der Waals surface area contributed by atoms with Gasteiger partial charge in [-0.15, -0.1) is 11.3 Å². The van der Waals surface area contributed by atoms with Crippen molar-refractivity contribution in [3.05, 3.63) is 29.2 Å². The minimum Gasteiger partial charge on any atom is -0.342 e. The van der Waals surface area contributed by atoms with E-state index in [-0.39, 0.29) is 11.8 Å². The Bertz CT molecular complexity index is 658. The van der Waals surface area contributed by atoms with Gasteiger partial charge in [0.15, 0.2) is 5.13 Å². The van der Waals surface area contributed by atoms with E-state index in [1.807, 2.05) is 30.2 Å². The van der Waals surface area contributed by atoms with Crippen molar-refractivity contribution in [2.24, 2.45) is 0 Å². The number of rotatable bonds is 4. The van der Waals surface area contributed by atoms with Crippen molar-refractivity contribution in [3.8, 4) is 0 Å². The molecule has 7 heteroatoms. The third-order valence-corrected chi connectivity index (χ3v) is 4.48. The van der Waals surface area contributed by atoms with Gasteiger partial charge in [-0.1, -0.05) is 6.92 Å². The molecule has 22 heavy (non-hydrogen) atoms. The van der Waals surface area contributed by atoms with Gasteiger partial charge in [-0.05, 0) is 13.3 Å². The van der Waals surface area contributed by atoms with Gasteiger partial charge in [0.25, 0.3) is 0 Å². The summed E-state index contributed by atoms with van der Waals surface area (Å²) in [4.78, 5) is 26.9. The van der Waals surface area contributed by atoms with E-state index < -0.39 is 0 Å². The third-order valence-electron chi connectivity index (χ3n) is 3.79. The van der Waals surface area contributed by atoms with Crippen molar-refractivity contribution in [1.29, 1.82) is 0 Å². The predicted octanol–water partition coefficient (Wildman–Crippen LogP) is 2.71. The highest BCUT2D eigenvalue weighted by molar-refractivity contribution is 7.13. The lowest BCUT2D eigenvalue weighted by Crippen LogP contribution is -2.27. The van der Waals surface area contributed by atoms with Crippen LogP contribution >= 0.6 is 11.3 Å². The van der Waals surface area contributed by atoms with Gasteiger partial charge in [0, 0.05) is 43.1 Å². The molecule has 0 aromatic carbocycles. The summed E-state index contributed by atoms with van der Waals surface area (Å²) in [5.41, 5.74) is 0.998. The Balaban J connectivity index is 1.77. The summed E-state index contributed by atoms with van der Waals surface area (Å²) in [6.45, 7) is 5.36. The highest BCUT2D eigenvalue weighted by atomic mass is 32.1. The van der Waals surface area contributed by atoms with Gasteiger partial charge in [-0.3, -0.25) is 4.79 Å². The van der Waals surface area contributed by atoms with Crippen LogP contribution in [0.4, 0.5) is 10.9 Å². The molecule has 1 fully saturated rings. The molecule has 1 aliphatic heterocycles. The first-order valence-corrected chi connectivity index (χ1v) is 8.33. The number of anilines is 2. The smallest absolute Gasteiger partial charge is 0.222 e. The van der Waals surface area contributed by atoms with Crippen molar-refractivity contribution in [1.82, 2.24) is 19.9 Å². The van der Waals surface area contributed by atoms with Crippen LogP contribution in [0.1, 0.15) is 37.2 Å². The summed E-state index contributed by atoms with van der Waals surface area (Å²) < 4.78 is 0. The molecular formula is C15H19N5OS. The van der Waals surface area contributed by atoms with Gasteiger partial charge >= 0.3 is 0 Å². The minimum atomic E-state index is 0.217. The summed E-state index contributed by atoms with van der Waals surface area (Å²) >= 11 is 1.53. The Labute approximate surface area is 133 Å². The number of thiazole rings is 1. The molecule has 1 saturated heterocycles. The Morgan fingerprint density at radius 3 is 3.09 bits per heavy atom. The van der Waals surface area contributed by atoms with E-state index in [2.05, 4.69) is 20.3 Å². The Kier molecular flexibility index (Phi) is 4.33. The van der Waals surface area contributed by atoms with E-state index in [1.54, 1.807) is 6.20 Å². The topological polar surface area (TPSA) is 71.0 Å². The van der Waals surface area contributed by atoms with Crippen LogP contribution in [0.2, 0.25) is 0 Å². The first-order chi connectivity index (χ1) is 10.7. The molecule has 0 saturated carbocycles. The summed E-state index contributed by atoms with van der Waals surface area (Å²) in [5, 5.41) is 5.95. The second kappa shape index (κ2) is 6.39. The molecule has 1 aliphatic rings. The summed E-state index contributed by atoms with van der Waals surface area (Å²) in [7, 11) is 0. The number of aryl methyl sites for hydroxylation is 1. The fourth-order valence-corrected chi connectivity index (χ4v) is 3.25. The zero-order valence-corrected chi connectivity index (χ0v) is 13.6. The standard InChI is InChI=1S/C15H19N5OS/c1-3-14(21)20-6-4-11(9-20)12-8-13(18-10(2)17-12)19-15-16-5-7-22-15/h5,7-8,11H,3-4,6,9H2,1-2H3,(H,16,17,18,19). The van der Waals surface area contributed by atoms with Crippen molar-refractivity contribution < 1.29 is 4.79 Å². The van der Waals surface area contributed by atoms with Crippen LogP contribution in [0, 0.1) is 6.92 Å². The lowest BCUT2D eigenvalue weighted by atomic mass is 10.0. The highest BCUT2D eigenvalue weighted by Crippen LogP contribution is 2.28. The zero-order chi connectivity index (χ0) is 15.5. The lowest BCUT2D eigenvalue weighted by molar-refractivity contribution is -0.129.